The van der Waals surface area contributed by atoms with Crippen LogP contribution in [0.15, 0.2) is 36.4 Å². The topological polar surface area (TPSA) is 47.6 Å². The van der Waals surface area contributed by atoms with Crippen LogP contribution in [0, 0.1) is 6.92 Å². The average molecular weight is 263 g/mol. The van der Waals surface area contributed by atoms with E-state index in [0.29, 0.717) is 25.5 Å². The predicted molar refractivity (Wildman–Crippen MR) is 75.3 cm³/mol. The molecule has 0 atom stereocenters. The van der Waals surface area contributed by atoms with Crippen LogP contribution in [-0.4, -0.2) is 32.3 Å². The van der Waals surface area contributed by atoms with E-state index in [1.54, 1.807) is 0 Å². The molecule has 0 aliphatic heterocycles. The van der Waals surface area contributed by atoms with Crippen molar-refractivity contribution in [2.75, 3.05) is 26.4 Å². The first kappa shape index (κ1) is 15.2. The molecule has 1 amide bonds. The Kier molecular flexibility index (Phi) is 6.68. The van der Waals surface area contributed by atoms with Crippen LogP contribution in [0.4, 0.5) is 0 Å². The molecule has 0 saturated carbocycles. The number of nitrogens with one attached hydrogen (secondary N) is 1. The van der Waals surface area contributed by atoms with E-state index in [-0.39, 0.29) is 12.5 Å². The minimum absolute atomic E-state index is 0.0174. The van der Waals surface area contributed by atoms with E-state index in [1.165, 1.54) is 0 Å². The maximum atomic E-state index is 11.5. The lowest BCUT2D eigenvalue weighted by molar-refractivity contribution is -0.123. The summed E-state index contributed by atoms with van der Waals surface area (Å²) in [6.45, 7) is 9.11. The first-order valence-electron chi connectivity index (χ1n) is 6.26. The fraction of sp³-hybridized carbons (Fsp3) is 0.400. The van der Waals surface area contributed by atoms with Gasteiger partial charge in [-0.15, -0.1) is 0 Å². The lowest BCUT2D eigenvalue weighted by Gasteiger charge is -2.08. The fourth-order valence-corrected chi connectivity index (χ4v) is 1.34. The Morgan fingerprint density at radius 3 is 2.58 bits per heavy atom. The molecule has 0 aromatic heterocycles. The number of rotatable bonds is 8. The molecule has 1 aromatic rings. The molecule has 1 aromatic carbocycles. The molecule has 4 nitrogen and oxygen atoms in total. The van der Waals surface area contributed by atoms with Gasteiger partial charge in [-0.3, -0.25) is 4.79 Å². The van der Waals surface area contributed by atoms with Crippen LogP contribution in [0.3, 0.4) is 0 Å². The van der Waals surface area contributed by atoms with E-state index in [9.17, 15) is 4.79 Å². The highest BCUT2D eigenvalue weighted by Crippen LogP contribution is 2.10. The lowest BCUT2D eigenvalue weighted by Crippen LogP contribution is -2.31. The summed E-state index contributed by atoms with van der Waals surface area (Å²) >= 11 is 0. The molecule has 0 radical (unpaired) electrons. The van der Waals surface area contributed by atoms with Gasteiger partial charge in [0.2, 0.25) is 0 Å². The highest BCUT2D eigenvalue weighted by atomic mass is 16.5. The molecular formula is C15H21NO3. The number of benzene rings is 1. The molecule has 0 saturated heterocycles. The van der Waals surface area contributed by atoms with Gasteiger partial charge in [0.1, 0.15) is 5.75 Å². The predicted octanol–water partition coefficient (Wildman–Crippen LogP) is 2.08. The van der Waals surface area contributed by atoms with Crippen molar-refractivity contribution in [1.29, 1.82) is 0 Å². The second-order valence-corrected chi connectivity index (χ2v) is 4.46. The number of carbonyl (C=O) groups is 1. The molecule has 0 bridgehead atoms. The van der Waals surface area contributed by atoms with Crippen LogP contribution in [-0.2, 0) is 9.53 Å². The Morgan fingerprint density at radius 2 is 1.95 bits per heavy atom. The van der Waals surface area contributed by atoms with Crippen LogP contribution >= 0.6 is 0 Å². The highest BCUT2D eigenvalue weighted by Gasteiger charge is 2.01. The average Bonchev–Trinajstić information content (AvgIpc) is 2.37. The van der Waals surface area contributed by atoms with Gasteiger partial charge in [0, 0.05) is 6.54 Å². The largest absolute Gasteiger partial charge is 0.484 e. The van der Waals surface area contributed by atoms with Gasteiger partial charge in [0.25, 0.3) is 5.91 Å². The minimum atomic E-state index is -0.153. The second kappa shape index (κ2) is 8.32. The summed E-state index contributed by atoms with van der Waals surface area (Å²) in [5.41, 5.74) is 2.13. The van der Waals surface area contributed by atoms with Gasteiger partial charge in [0.15, 0.2) is 6.61 Å². The third-order valence-corrected chi connectivity index (χ3v) is 2.31. The first-order chi connectivity index (χ1) is 9.08. The Morgan fingerprint density at radius 1 is 1.26 bits per heavy atom. The van der Waals surface area contributed by atoms with Gasteiger partial charge in [0.05, 0.1) is 13.2 Å². The summed E-state index contributed by atoms with van der Waals surface area (Å²) in [6.07, 6.45) is 0. The van der Waals surface area contributed by atoms with E-state index in [2.05, 4.69) is 11.9 Å². The molecule has 0 heterocycles. The lowest BCUT2D eigenvalue weighted by atomic mass is 10.2. The van der Waals surface area contributed by atoms with Crippen molar-refractivity contribution in [3.05, 3.63) is 42.0 Å². The van der Waals surface area contributed by atoms with Crippen LogP contribution < -0.4 is 10.1 Å². The highest BCUT2D eigenvalue weighted by molar-refractivity contribution is 5.77. The number of aryl methyl sites for hydroxylation is 1. The molecule has 0 unspecified atom stereocenters. The number of carbonyl (C=O) groups excluding carboxylic acids is 1. The van der Waals surface area contributed by atoms with Crippen molar-refractivity contribution in [3.8, 4) is 5.75 Å². The zero-order valence-corrected chi connectivity index (χ0v) is 11.6. The van der Waals surface area contributed by atoms with Crippen molar-refractivity contribution in [1.82, 2.24) is 5.32 Å². The van der Waals surface area contributed by atoms with Gasteiger partial charge in [-0.2, -0.15) is 0 Å². The molecule has 104 valence electrons. The normalized spacial score (nSPS) is 10.0. The molecule has 0 fully saturated rings. The van der Waals surface area contributed by atoms with E-state index in [0.717, 1.165) is 11.1 Å². The molecule has 0 spiro atoms. The third kappa shape index (κ3) is 7.26. The van der Waals surface area contributed by atoms with Crippen LogP contribution in [0.2, 0.25) is 0 Å². The molecule has 19 heavy (non-hydrogen) atoms. The quantitative estimate of drug-likeness (QED) is 0.577. The molecule has 1 N–H and O–H groups in total. The van der Waals surface area contributed by atoms with Gasteiger partial charge in [-0.05, 0) is 26.0 Å². The Hall–Kier alpha value is -1.81. The van der Waals surface area contributed by atoms with Gasteiger partial charge in [-0.25, -0.2) is 0 Å². The number of ether oxygens (including phenoxy) is 2. The van der Waals surface area contributed by atoms with Crippen molar-refractivity contribution in [2.45, 2.75) is 13.8 Å². The van der Waals surface area contributed by atoms with Crippen LogP contribution in [0.25, 0.3) is 0 Å². The summed E-state index contributed by atoms with van der Waals surface area (Å²) in [4.78, 5) is 11.5. The number of hydrogen-bond acceptors (Lipinski definition) is 3. The van der Waals surface area contributed by atoms with Crippen LogP contribution in [0.1, 0.15) is 12.5 Å². The van der Waals surface area contributed by atoms with Crippen molar-refractivity contribution in [2.24, 2.45) is 0 Å². The molecule has 1 rings (SSSR count). The Bertz CT molecular complexity index is 412. The van der Waals surface area contributed by atoms with E-state index in [1.807, 2.05) is 38.1 Å². The van der Waals surface area contributed by atoms with E-state index < -0.39 is 0 Å². The summed E-state index contributed by atoms with van der Waals surface area (Å²) in [7, 11) is 0. The van der Waals surface area contributed by atoms with Crippen molar-refractivity contribution in [3.63, 3.8) is 0 Å². The van der Waals surface area contributed by atoms with Crippen molar-refractivity contribution >= 4 is 5.91 Å². The standard InChI is InChI=1S/C15H21NO3/c1-12(2)10-18-9-8-16-15(17)11-19-14-6-4-13(3)5-7-14/h4-7H,1,8-11H2,2-3H3,(H,16,17). The zero-order valence-electron chi connectivity index (χ0n) is 11.6. The summed E-state index contributed by atoms with van der Waals surface area (Å²) in [5, 5.41) is 2.72. The maximum Gasteiger partial charge on any atom is 0.258 e. The number of amides is 1. The molecule has 4 heteroatoms. The van der Waals surface area contributed by atoms with E-state index in [4.69, 9.17) is 9.47 Å². The molecular weight excluding hydrogens is 242 g/mol. The summed E-state index contributed by atoms with van der Waals surface area (Å²) in [5.74, 6) is 0.541. The summed E-state index contributed by atoms with van der Waals surface area (Å²) in [6, 6.07) is 7.58. The Labute approximate surface area is 114 Å². The minimum Gasteiger partial charge on any atom is -0.484 e. The first-order valence-corrected chi connectivity index (χ1v) is 6.26. The smallest absolute Gasteiger partial charge is 0.258 e. The number of hydrogen-bond donors (Lipinski definition) is 1. The van der Waals surface area contributed by atoms with Crippen LogP contribution in [0.5, 0.6) is 5.75 Å². The van der Waals surface area contributed by atoms with Gasteiger partial charge in [-0.1, -0.05) is 29.8 Å². The van der Waals surface area contributed by atoms with E-state index >= 15 is 0 Å². The monoisotopic (exact) mass is 263 g/mol. The SMILES string of the molecule is C=C(C)COCCNC(=O)COc1ccc(C)cc1. The van der Waals surface area contributed by atoms with Gasteiger partial charge < -0.3 is 14.8 Å². The Balaban J connectivity index is 2.11. The van der Waals surface area contributed by atoms with Gasteiger partial charge >= 0.3 is 0 Å². The fourth-order valence-electron chi connectivity index (χ4n) is 1.34. The molecule has 0 aliphatic rings. The maximum absolute atomic E-state index is 11.5. The molecule has 0 aliphatic carbocycles. The summed E-state index contributed by atoms with van der Waals surface area (Å²) < 4.78 is 10.6. The zero-order chi connectivity index (χ0) is 14.1. The third-order valence-electron chi connectivity index (χ3n) is 2.31. The van der Waals surface area contributed by atoms with Crippen molar-refractivity contribution < 1.29 is 14.3 Å². The second-order valence-electron chi connectivity index (χ2n) is 4.46.